The van der Waals surface area contributed by atoms with Crippen molar-refractivity contribution in [1.82, 2.24) is 9.47 Å². The third-order valence-corrected chi connectivity index (χ3v) is 6.63. The predicted octanol–water partition coefficient (Wildman–Crippen LogP) is 6.64. The minimum Gasteiger partial charge on any atom is -0.318 e. The zero-order valence-electron chi connectivity index (χ0n) is 18.2. The monoisotopic (exact) mass is 439 g/mol. The molecule has 5 rings (SSSR count). The Morgan fingerprint density at radius 3 is 2.66 bits per heavy atom. The quantitative estimate of drug-likeness (QED) is 0.363. The van der Waals surface area contributed by atoms with Gasteiger partial charge in [0.2, 0.25) is 0 Å². The SMILES string of the molecule is CSc1cccc(NC(=O)N2Cc3ccccc3-n3cccc3C2c2cccc(C)c2)c1. The molecule has 32 heavy (non-hydrogen) atoms. The summed E-state index contributed by atoms with van der Waals surface area (Å²) in [5.74, 6) is 0. The minimum absolute atomic E-state index is 0.112. The van der Waals surface area contributed by atoms with Crippen molar-refractivity contribution >= 4 is 23.5 Å². The summed E-state index contributed by atoms with van der Waals surface area (Å²) in [5, 5.41) is 3.15. The van der Waals surface area contributed by atoms with Crippen LogP contribution in [0.5, 0.6) is 0 Å². The van der Waals surface area contributed by atoms with Gasteiger partial charge < -0.3 is 14.8 Å². The molecule has 3 aromatic carbocycles. The molecule has 1 aromatic heterocycles. The van der Waals surface area contributed by atoms with E-state index in [1.165, 1.54) is 5.56 Å². The van der Waals surface area contributed by atoms with E-state index in [2.05, 4.69) is 71.5 Å². The fourth-order valence-corrected chi connectivity index (χ4v) is 4.89. The number of rotatable bonds is 3. The maximum Gasteiger partial charge on any atom is 0.322 e. The Morgan fingerprint density at radius 2 is 1.81 bits per heavy atom. The second-order valence-corrected chi connectivity index (χ2v) is 8.92. The summed E-state index contributed by atoms with van der Waals surface area (Å²) in [6, 6.07) is 28.6. The van der Waals surface area contributed by atoms with Crippen molar-refractivity contribution in [2.45, 2.75) is 24.4 Å². The number of aromatic nitrogens is 1. The number of amides is 2. The molecule has 4 aromatic rings. The van der Waals surface area contributed by atoms with Crippen LogP contribution in [0.2, 0.25) is 0 Å². The van der Waals surface area contributed by atoms with Crippen LogP contribution in [0.4, 0.5) is 10.5 Å². The van der Waals surface area contributed by atoms with Gasteiger partial charge in [0.15, 0.2) is 0 Å². The Morgan fingerprint density at radius 1 is 0.969 bits per heavy atom. The normalized spacial score (nSPS) is 14.9. The van der Waals surface area contributed by atoms with Crippen LogP contribution in [0.3, 0.4) is 0 Å². The van der Waals surface area contributed by atoms with Crippen molar-refractivity contribution in [2.75, 3.05) is 11.6 Å². The predicted molar refractivity (Wildman–Crippen MR) is 132 cm³/mol. The first-order valence-electron chi connectivity index (χ1n) is 10.7. The van der Waals surface area contributed by atoms with Gasteiger partial charge in [-0.3, -0.25) is 0 Å². The van der Waals surface area contributed by atoms with E-state index in [0.29, 0.717) is 6.54 Å². The number of nitrogens with zero attached hydrogens (tertiary/aromatic N) is 2. The molecule has 0 saturated carbocycles. The Hall–Kier alpha value is -3.44. The van der Waals surface area contributed by atoms with Crippen molar-refractivity contribution < 1.29 is 4.79 Å². The highest BCUT2D eigenvalue weighted by Gasteiger charge is 2.33. The van der Waals surface area contributed by atoms with Gasteiger partial charge in [0.25, 0.3) is 0 Å². The average molecular weight is 440 g/mol. The second-order valence-electron chi connectivity index (χ2n) is 8.04. The zero-order valence-corrected chi connectivity index (χ0v) is 19.0. The molecule has 1 atom stereocenters. The molecule has 2 amide bonds. The lowest BCUT2D eigenvalue weighted by atomic mass is 10.00. The number of hydrogen-bond donors (Lipinski definition) is 1. The fraction of sp³-hybridized carbons (Fsp3) is 0.148. The summed E-state index contributed by atoms with van der Waals surface area (Å²) in [7, 11) is 0. The summed E-state index contributed by atoms with van der Waals surface area (Å²) in [6.45, 7) is 2.61. The molecule has 1 unspecified atom stereocenters. The van der Waals surface area contributed by atoms with Crippen molar-refractivity contribution in [3.8, 4) is 5.69 Å². The number of aryl methyl sites for hydroxylation is 1. The van der Waals surface area contributed by atoms with Crippen LogP contribution in [-0.2, 0) is 6.54 Å². The van der Waals surface area contributed by atoms with E-state index in [1.807, 2.05) is 47.6 Å². The summed E-state index contributed by atoms with van der Waals surface area (Å²) < 4.78 is 2.21. The largest absolute Gasteiger partial charge is 0.322 e. The number of fused-ring (bicyclic) bond motifs is 3. The molecule has 160 valence electrons. The Bertz CT molecular complexity index is 1280. The summed E-state index contributed by atoms with van der Waals surface area (Å²) in [4.78, 5) is 16.8. The average Bonchev–Trinajstić information content (AvgIpc) is 3.23. The van der Waals surface area contributed by atoms with Gasteiger partial charge in [-0.2, -0.15) is 0 Å². The standard InChI is InChI=1S/C27H25N3OS/c1-19-8-5-10-20(16-19)26-25-14-7-15-29(25)24-13-4-3-9-21(24)18-30(26)27(31)28-22-11-6-12-23(17-22)32-2/h3-17,26H,18H2,1-2H3,(H,28,31). The highest BCUT2D eigenvalue weighted by atomic mass is 32.2. The van der Waals surface area contributed by atoms with E-state index >= 15 is 0 Å². The maximum atomic E-state index is 13.7. The van der Waals surface area contributed by atoms with Crippen molar-refractivity contribution in [1.29, 1.82) is 0 Å². The second kappa shape index (κ2) is 8.60. The number of carbonyl (C=O) groups is 1. The van der Waals surface area contributed by atoms with E-state index in [1.54, 1.807) is 11.8 Å². The van der Waals surface area contributed by atoms with E-state index in [4.69, 9.17) is 0 Å². The molecular formula is C27H25N3OS. The van der Waals surface area contributed by atoms with E-state index < -0.39 is 0 Å². The van der Waals surface area contributed by atoms with E-state index in [-0.39, 0.29) is 12.1 Å². The molecule has 4 nitrogen and oxygen atoms in total. The van der Waals surface area contributed by atoms with Crippen LogP contribution >= 0.6 is 11.8 Å². The Labute approximate surface area is 192 Å². The van der Waals surface area contributed by atoms with Gasteiger partial charge in [0, 0.05) is 22.5 Å². The van der Waals surface area contributed by atoms with Gasteiger partial charge in [-0.05, 0) is 60.7 Å². The van der Waals surface area contributed by atoms with Crippen molar-refractivity contribution in [2.24, 2.45) is 0 Å². The molecular weight excluding hydrogens is 414 g/mol. The van der Waals surface area contributed by atoms with Crippen LogP contribution in [0.1, 0.15) is 28.4 Å². The molecule has 1 aliphatic heterocycles. The van der Waals surface area contributed by atoms with Crippen LogP contribution < -0.4 is 5.32 Å². The molecule has 5 heteroatoms. The van der Waals surface area contributed by atoms with E-state index in [0.717, 1.165) is 33.1 Å². The van der Waals surface area contributed by atoms with Gasteiger partial charge in [-0.15, -0.1) is 11.8 Å². The number of benzene rings is 3. The van der Waals surface area contributed by atoms with Crippen LogP contribution in [0.25, 0.3) is 5.69 Å². The molecule has 2 heterocycles. The number of thioether (sulfide) groups is 1. The first-order valence-corrected chi connectivity index (χ1v) is 11.9. The molecule has 0 fully saturated rings. The number of anilines is 1. The number of hydrogen-bond acceptors (Lipinski definition) is 2. The lowest BCUT2D eigenvalue weighted by Crippen LogP contribution is -2.38. The molecule has 0 aliphatic carbocycles. The number of nitrogens with one attached hydrogen (secondary N) is 1. The van der Waals surface area contributed by atoms with Crippen LogP contribution in [0.15, 0.2) is 96.0 Å². The first kappa shape index (κ1) is 20.5. The molecule has 1 aliphatic rings. The molecule has 1 N–H and O–H groups in total. The summed E-state index contributed by atoms with van der Waals surface area (Å²) >= 11 is 1.66. The zero-order chi connectivity index (χ0) is 22.1. The number of urea groups is 1. The summed E-state index contributed by atoms with van der Waals surface area (Å²) in [5.41, 5.74) is 6.39. The Kier molecular flexibility index (Phi) is 5.50. The van der Waals surface area contributed by atoms with Crippen LogP contribution in [0, 0.1) is 6.92 Å². The first-order chi connectivity index (χ1) is 15.6. The van der Waals surface area contributed by atoms with Crippen molar-refractivity contribution in [3.63, 3.8) is 0 Å². The number of carbonyl (C=O) groups excluding carboxylic acids is 1. The van der Waals surface area contributed by atoms with Gasteiger partial charge >= 0.3 is 6.03 Å². The Balaban J connectivity index is 1.62. The molecule has 0 saturated heterocycles. The third-order valence-electron chi connectivity index (χ3n) is 5.90. The number of para-hydroxylation sites is 1. The van der Waals surface area contributed by atoms with Crippen molar-refractivity contribution in [3.05, 3.63) is 114 Å². The highest BCUT2D eigenvalue weighted by molar-refractivity contribution is 7.98. The van der Waals surface area contributed by atoms with Gasteiger partial charge in [-0.25, -0.2) is 4.79 Å². The molecule has 0 bridgehead atoms. The van der Waals surface area contributed by atoms with Gasteiger partial charge in [0.1, 0.15) is 0 Å². The lowest BCUT2D eigenvalue weighted by molar-refractivity contribution is 0.194. The summed E-state index contributed by atoms with van der Waals surface area (Å²) in [6.07, 6.45) is 4.12. The molecule has 0 radical (unpaired) electrons. The maximum absolute atomic E-state index is 13.7. The van der Waals surface area contributed by atoms with E-state index in [9.17, 15) is 4.79 Å². The van der Waals surface area contributed by atoms with Gasteiger partial charge in [0.05, 0.1) is 18.3 Å². The minimum atomic E-state index is -0.207. The van der Waals surface area contributed by atoms with Crippen LogP contribution in [-0.4, -0.2) is 21.8 Å². The lowest BCUT2D eigenvalue weighted by Gasteiger charge is -2.31. The molecule has 0 spiro atoms. The third kappa shape index (κ3) is 3.80. The smallest absolute Gasteiger partial charge is 0.318 e. The topological polar surface area (TPSA) is 37.3 Å². The highest BCUT2D eigenvalue weighted by Crippen LogP contribution is 2.37. The fourth-order valence-electron chi connectivity index (χ4n) is 4.43. The van der Waals surface area contributed by atoms with Gasteiger partial charge in [-0.1, -0.05) is 54.1 Å².